The lowest BCUT2D eigenvalue weighted by molar-refractivity contribution is 0.0735. The first-order valence-electron chi connectivity index (χ1n) is 12.8. The first-order valence-corrected chi connectivity index (χ1v) is 13.7. The number of aryl methyl sites for hydroxylation is 2. The molecule has 0 aliphatic carbocycles. The SMILES string of the molecule is CCCNCCCNC(=O)c1cccc(C(=O)N2CCCC2c2nc(C)cs2)c1.Cc1ccccc1. The van der Waals surface area contributed by atoms with Gasteiger partial charge in [-0.3, -0.25) is 9.59 Å². The number of nitrogens with one attached hydrogen (secondary N) is 2. The van der Waals surface area contributed by atoms with Crippen LogP contribution in [0.1, 0.15) is 75.6 Å². The predicted molar refractivity (Wildman–Crippen MR) is 148 cm³/mol. The smallest absolute Gasteiger partial charge is 0.254 e. The zero-order valence-corrected chi connectivity index (χ0v) is 22.4. The van der Waals surface area contributed by atoms with Crippen LogP contribution in [0, 0.1) is 13.8 Å². The van der Waals surface area contributed by atoms with Gasteiger partial charge in [-0.05, 0) is 70.8 Å². The largest absolute Gasteiger partial charge is 0.352 e. The third-order valence-electron chi connectivity index (χ3n) is 5.99. The molecule has 2 heterocycles. The zero-order valence-electron chi connectivity index (χ0n) is 21.6. The second kappa shape index (κ2) is 14.5. The summed E-state index contributed by atoms with van der Waals surface area (Å²) in [6, 6.07) is 17.3. The van der Waals surface area contributed by atoms with Crippen molar-refractivity contribution in [3.05, 3.63) is 87.4 Å². The highest BCUT2D eigenvalue weighted by molar-refractivity contribution is 7.09. The summed E-state index contributed by atoms with van der Waals surface area (Å²) in [5.41, 5.74) is 3.40. The number of rotatable bonds is 9. The molecule has 1 fully saturated rings. The van der Waals surface area contributed by atoms with E-state index in [1.54, 1.807) is 35.6 Å². The maximum absolute atomic E-state index is 13.1. The minimum atomic E-state index is -0.135. The summed E-state index contributed by atoms with van der Waals surface area (Å²) in [5.74, 6) is -0.164. The summed E-state index contributed by atoms with van der Waals surface area (Å²) >= 11 is 1.61. The molecular formula is C29H38N4O2S. The van der Waals surface area contributed by atoms with Gasteiger partial charge in [0, 0.05) is 35.3 Å². The molecule has 1 aliphatic heterocycles. The van der Waals surface area contributed by atoms with Crippen LogP contribution in [-0.2, 0) is 0 Å². The van der Waals surface area contributed by atoms with Crippen molar-refractivity contribution in [2.45, 2.75) is 52.5 Å². The zero-order chi connectivity index (χ0) is 25.8. The monoisotopic (exact) mass is 506 g/mol. The van der Waals surface area contributed by atoms with E-state index < -0.39 is 0 Å². The lowest BCUT2D eigenvalue weighted by Crippen LogP contribution is -2.31. The molecule has 0 bridgehead atoms. The quantitative estimate of drug-likeness (QED) is 0.374. The summed E-state index contributed by atoms with van der Waals surface area (Å²) < 4.78 is 0. The molecule has 0 saturated carbocycles. The van der Waals surface area contributed by atoms with Gasteiger partial charge in [-0.25, -0.2) is 4.98 Å². The fourth-order valence-corrected chi connectivity index (χ4v) is 5.05. The summed E-state index contributed by atoms with van der Waals surface area (Å²) in [4.78, 5) is 32.1. The van der Waals surface area contributed by atoms with Crippen molar-refractivity contribution in [1.29, 1.82) is 0 Å². The van der Waals surface area contributed by atoms with E-state index in [0.717, 1.165) is 56.0 Å². The number of likely N-dealkylation sites (tertiary alicyclic amines) is 1. The van der Waals surface area contributed by atoms with E-state index in [-0.39, 0.29) is 17.9 Å². The van der Waals surface area contributed by atoms with Crippen LogP contribution < -0.4 is 10.6 Å². The number of aromatic nitrogens is 1. The molecule has 192 valence electrons. The highest BCUT2D eigenvalue weighted by Gasteiger charge is 2.32. The highest BCUT2D eigenvalue weighted by Crippen LogP contribution is 2.34. The predicted octanol–water partition coefficient (Wildman–Crippen LogP) is 5.54. The molecule has 1 aliphatic rings. The Morgan fingerprint density at radius 1 is 1.03 bits per heavy atom. The van der Waals surface area contributed by atoms with E-state index >= 15 is 0 Å². The van der Waals surface area contributed by atoms with Gasteiger partial charge in [0.25, 0.3) is 11.8 Å². The molecule has 36 heavy (non-hydrogen) atoms. The van der Waals surface area contributed by atoms with Gasteiger partial charge in [-0.15, -0.1) is 11.3 Å². The van der Waals surface area contributed by atoms with E-state index in [1.807, 2.05) is 35.4 Å². The first-order chi connectivity index (χ1) is 17.5. The molecule has 1 aromatic heterocycles. The average Bonchev–Trinajstić information content (AvgIpc) is 3.55. The Kier molecular flexibility index (Phi) is 11.1. The number of benzene rings is 2. The fourth-order valence-electron chi connectivity index (χ4n) is 4.10. The first kappa shape index (κ1) is 27.6. The number of nitrogens with zero attached hydrogens (tertiary/aromatic N) is 2. The van der Waals surface area contributed by atoms with E-state index in [9.17, 15) is 9.59 Å². The minimum Gasteiger partial charge on any atom is -0.352 e. The van der Waals surface area contributed by atoms with Gasteiger partial charge in [0.15, 0.2) is 0 Å². The molecule has 3 aromatic rings. The van der Waals surface area contributed by atoms with Gasteiger partial charge in [0.1, 0.15) is 5.01 Å². The Hall–Kier alpha value is -3.03. The maximum atomic E-state index is 13.1. The number of hydrogen-bond acceptors (Lipinski definition) is 5. The van der Waals surface area contributed by atoms with E-state index in [1.165, 1.54) is 5.56 Å². The topological polar surface area (TPSA) is 74.3 Å². The van der Waals surface area contributed by atoms with Crippen molar-refractivity contribution in [3.8, 4) is 0 Å². The molecule has 7 heteroatoms. The van der Waals surface area contributed by atoms with Crippen LogP contribution in [-0.4, -0.2) is 47.9 Å². The number of carbonyl (C=O) groups excluding carboxylic acids is 2. The standard InChI is InChI=1S/C22H30N4O2S.C7H8/c1-3-10-23-11-6-12-24-20(27)17-7-4-8-18(14-17)22(28)26-13-5-9-19(26)21-25-16(2)15-29-21;1-7-5-3-2-4-6-7/h4,7-8,14-15,19,23H,3,5-6,9-13H2,1-2H3,(H,24,27);2-6H,1H3. The van der Waals surface area contributed by atoms with Crippen LogP contribution >= 0.6 is 11.3 Å². The summed E-state index contributed by atoms with van der Waals surface area (Å²) in [7, 11) is 0. The molecule has 6 nitrogen and oxygen atoms in total. The molecule has 2 amide bonds. The summed E-state index contributed by atoms with van der Waals surface area (Å²) in [6.45, 7) is 9.42. The van der Waals surface area contributed by atoms with Crippen molar-refractivity contribution in [2.24, 2.45) is 0 Å². The lowest BCUT2D eigenvalue weighted by Gasteiger charge is -2.23. The number of thiazole rings is 1. The van der Waals surface area contributed by atoms with Gasteiger partial charge in [0.05, 0.1) is 6.04 Å². The molecule has 4 rings (SSSR count). The average molecular weight is 507 g/mol. The van der Waals surface area contributed by atoms with Crippen molar-refractivity contribution < 1.29 is 9.59 Å². The lowest BCUT2D eigenvalue weighted by atomic mass is 10.1. The number of carbonyl (C=O) groups is 2. The second-order valence-corrected chi connectivity index (χ2v) is 9.97. The van der Waals surface area contributed by atoms with Crippen LogP contribution in [0.4, 0.5) is 0 Å². The second-order valence-electron chi connectivity index (χ2n) is 9.08. The van der Waals surface area contributed by atoms with Crippen molar-refractivity contribution in [1.82, 2.24) is 20.5 Å². The molecule has 1 atom stereocenters. The van der Waals surface area contributed by atoms with Crippen LogP contribution in [0.2, 0.25) is 0 Å². The normalized spacial score (nSPS) is 14.8. The van der Waals surface area contributed by atoms with E-state index in [0.29, 0.717) is 17.7 Å². The van der Waals surface area contributed by atoms with Crippen molar-refractivity contribution in [3.63, 3.8) is 0 Å². The van der Waals surface area contributed by atoms with Gasteiger partial charge in [-0.1, -0.05) is 48.9 Å². The molecule has 0 radical (unpaired) electrons. The van der Waals surface area contributed by atoms with E-state index in [4.69, 9.17) is 0 Å². The van der Waals surface area contributed by atoms with Crippen molar-refractivity contribution in [2.75, 3.05) is 26.2 Å². The van der Waals surface area contributed by atoms with Crippen LogP contribution in [0.15, 0.2) is 60.0 Å². The summed E-state index contributed by atoms with van der Waals surface area (Å²) in [5, 5.41) is 9.28. The fraction of sp³-hybridized carbons (Fsp3) is 0.414. The Morgan fingerprint density at radius 3 is 2.47 bits per heavy atom. The minimum absolute atomic E-state index is 0.0289. The van der Waals surface area contributed by atoms with Crippen molar-refractivity contribution >= 4 is 23.2 Å². The summed E-state index contributed by atoms with van der Waals surface area (Å²) in [6.07, 6.45) is 3.90. The van der Waals surface area contributed by atoms with E-state index in [2.05, 4.69) is 41.6 Å². The van der Waals surface area contributed by atoms with Crippen LogP contribution in [0.3, 0.4) is 0 Å². The van der Waals surface area contributed by atoms with Gasteiger partial charge in [0.2, 0.25) is 0 Å². The number of hydrogen-bond donors (Lipinski definition) is 2. The Balaban J connectivity index is 0.000000444. The molecule has 1 saturated heterocycles. The molecule has 0 spiro atoms. The Morgan fingerprint density at radius 2 is 1.81 bits per heavy atom. The third-order valence-corrected chi connectivity index (χ3v) is 7.05. The molecule has 1 unspecified atom stereocenters. The molecule has 2 N–H and O–H groups in total. The third kappa shape index (κ3) is 8.28. The highest BCUT2D eigenvalue weighted by atomic mass is 32.1. The van der Waals surface area contributed by atoms with Gasteiger partial charge >= 0.3 is 0 Å². The van der Waals surface area contributed by atoms with Gasteiger partial charge in [-0.2, -0.15) is 0 Å². The molecular weight excluding hydrogens is 468 g/mol. The Bertz CT molecular complexity index is 1100. The van der Waals surface area contributed by atoms with Crippen LogP contribution in [0.25, 0.3) is 0 Å². The van der Waals surface area contributed by atoms with Gasteiger partial charge < -0.3 is 15.5 Å². The molecule has 2 aromatic carbocycles. The maximum Gasteiger partial charge on any atom is 0.254 e. The number of amides is 2. The Labute approximate surface area is 219 Å². The van der Waals surface area contributed by atoms with Crippen LogP contribution in [0.5, 0.6) is 0 Å².